The zero-order chi connectivity index (χ0) is 17.1. The van der Waals surface area contributed by atoms with Crippen LogP contribution in [0.2, 0.25) is 0 Å². The minimum absolute atomic E-state index is 0.0110. The molecule has 132 valence electrons. The predicted molar refractivity (Wildman–Crippen MR) is 91.2 cm³/mol. The Labute approximate surface area is 141 Å². The van der Waals surface area contributed by atoms with Gasteiger partial charge in [0.1, 0.15) is 5.69 Å². The Morgan fingerprint density at radius 1 is 1.38 bits per heavy atom. The number of nitrogens with one attached hydrogen (secondary N) is 1. The van der Waals surface area contributed by atoms with Crippen LogP contribution in [-0.2, 0) is 6.42 Å². The molecule has 1 fully saturated rings. The second kappa shape index (κ2) is 7.21. The van der Waals surface area contributed by atoms with Crippen LogP contribution in [0.4, 0.5) is 5.82 Å². The Morgan fingerprint density at radius 2 is 2.12 bits per heavy atom. The highest BCUT2D eigenvalue weighted by Crippen LogP contribution is 2.27. The van der Waals surface area contributed by atoms with Crippen LogP contribution in [0.1, 0.15) is 45.2 Å². The van der Waals surface area contributed by atoms with Crippen molar-refractivity contribution in [3.63, 3.8) is 0 Å². The monoisotopic (exact) mass is 334 g/mol. The van der Waals surface area contributed by atoms with E-state index >= 15 is 0 Å². The standard InChI is InChI=1S/C16H26N6O2/c1-3-4-10(2)24-16-19-13(17)14-20-15(23)12(22(14)21-16)9-11-5-7-18-8-6-11/h10-11,18,23H,3-9H2,1-2H3,(H2,17,19,21)/t10-/m0/s1. The lowest BCUT2D eigenvalue weighted by atomic mass is 9.93. The zero-order valence-electron chi connectivity index (χ0n) is 14.3. The van der Waals surface area contributed by atoms with E-state index in [4.69, 9.17) is 10.5 Å². The summed E-state index contributed by atoms with van der Waals surface area (Å²) in [5.74, 6) is 0.695. The van der Waals surface area contributed by atoms with Crippen LogP contribution in [-0.4, -0.2) is 43.9 Å². The van der Waals surface area contributed by atoms with Gasteiger partial charge in [-0.3, -0.25) is 0 Å². The Morgan fingerprint density at radius 3 is 2.83 bits per heavy atom. The number of ether oxygens (including phenoxy) is 1. The minimum atomic E-state index is -0.0201. The summed E-state index contributed by atoms with van der Waals surface area (Å²) in [6, 6.07) is 0.227. The topological polar surface area (TPSA) is 111 Å². The van der Waals surface area contributed by atoms with Gasteiger partial charge in [-0.1, -0.05) is 13.3 Å². The Kier molecular flexibility index (Phi) is 5.03. The van der Waals surface area contributed by atoms with Crippen LogP contribution in [0.3, 0.4) is 0 Å². The van der Waals surface area contributed by atoms with Crippen molar-refractivity contribution in [3.05, 3.63) is 5.69 Å². The van der Waals surface area contributed by atoms with Gasteiger partial charge in [0.05, 0.1) is 6.10 Å². The van der Waals surface area contributed by atoms with Gasteiger partial charge in [0.2, 0.25) is 11.5 Å². The summed E-state index contributed by atoms with van der Waals surface area (Å²) in [4.78, 5) is 8.30. The third-order valence-electron chi connectivity index (χ3n) is 4.50. The number of imidazole rings is 1. The van der Waals surface area contributed by atoms with Crippen LogP contribution in [0.25, 0.3) is 5.65 Å². The van der Waals surface area contributed by atoms with E-state index in [0.29, 0.717) is 17.3 Å². The first-order valence-electron chi connectivity index (χ1n) is 8.70. The first-order chi connectivity index (χ1) is 11.6. The molecule has 0 aromatic carbocycles. The summed E-state index contributed by atoms with van der Waals surface area (Å²) in [6.07, 6.45) is 4.81. The molecule has 0 aliphatic carbocycles. The molecule has 1 saturated heterocycles. The molecule has 1 aliphatic heterocycles. The van der Waals surface area contributed by atoms with Crippen molar-refractivity contribution in [2.45, 2.75) is 52.1 Å². The van der Waals surface area contributed by atoms with Gasteiger partial charge in [0, 0.05) is 0 Å². The zero-order valence-corrected chi connectivity index (χ0v) is 14.3. The molecule has 3 rings (SSSR count). The number of nitrogens with two attached hydrogens (primary N) is 1. The summed E-state index contributed by atoms with van der Waals surface area (Å²) in [6.45, 7) is 6.09. The van der Waals surface area contributed by atoms with E-state index in [1.807, 2.05) is 6.92 Å². The van der Waals surface area contributed by atoms with E-state index in [1.165, 1.54) is 0 Å². The van der Waals surface area contributed by atoms with E-state index in [1.54, 1.807) is 4.52 Å². The maximum atomic E-state index is 10.2. The number of aromatic nitrogens is 4. The first-order valence-corrected chi connectivity index (χ1v) is 8.70. The summed E-state index contributed by atoms with van der Waals surface area (Å²) in [7, 11) is 0. The summed E-state index contributed by atoms with van der Waals surface area (Å²) >= 11 is 0. The molecule has 8 heteroatoms. The molecule has 0 saturated carbocycles. The quantitative estimate of drug-likeness (QED) is 0.734. The van der Waals surface area contributed by atoms with E-state index in [0.717, 1.165) is 45.2 Å². The molecule has 0 spiro atoms. The van der Waals surface area contributed by atoms with Gasteiger partial charge in [0.25, 0.3) is 0 Å². The maximum absolute atomic E-state index is 10.2. The van der Waals surface area contributed by atoms with Gasteiger partial charge in [-0.05, 0) is 51.6 Å². The Bertz CT molecular complexity index is 695. The van der Waals surface area contributed by atoms with Crippen molar-refractivity contribution in [1.82, 2.24) is 24.9 Å². The number of hydrogen-bond donors (Lipinski definition) is 3. The SMILES string of the molecule is CCC[C@H](C)Oc1nc(N)c2nc(O)c(CC3CCNCC3)n2n1. The molecule has 24 heavy (non-hydrogen) atoms. The van der Waals surface area contributed by atoms with Crippen molar-refractivity contribution >= 4 is 11.5 Å². The molecular weight excluding hydrogens is 308 g/mol. The number of hydrogen-bond acceptors (Lipinski definition) is 7. The molecule has 0 radical (unpaired) electrons. The van der Waals surface area contributed by atoms with Crippen molar-refractivity contribution in [3.8, 4) is 11.9 Å². The van der Waals surface area contributed by atoms with Gasteiger partial charge < -0.3 is 20.9 Å². The number of rotatable bonds is 6. The summed E-state index contributed by atoms with van der Waals surface area (Å²) in [5, 5.41) is 18.0. The molecule has 4 N–H and O–H groups in total. The fourth-order valence-corrected chi connectivity index (χ4v) is 3.20. The number of piperidine rings is 1. The number of nitrogens with zero attached hydrogens (tertiary/aromatic N) is 4. The molecule has 2 aromatic heterocycles. The fraction of sp³-hybridized carbons (Fsp3) is 0.688. The molecule has 2 aromatic rings. The van der Waals surface area contributed by atoms with Crippen LogP contribution >= 0.6 is 0 Å². The van der Waals surface area contributed by atoms with E-state index in [9.17, 15) is 5.11 Å². The fourth-order valence-electron chi connectivity index (χ4n) is 3.20. The Balaban J connectivity index is 1.90. The second-order valence-corrected chi connectivity index (χ2v) is 6.51. The lowest BCUT2D eigenvalue weighted by Gasteiger charge is -2.22. The van der Waals surface area contributed by atoms with Crippen LogP contribution in [0.5, 0.6) is 11.9 Å². The third-order valence-corrected chi connectivity index (χ3v) is 4.50. The predicted octanol–water partition coefficient (Wildman–Crippen LogP) is 1.52. The molecule has 3 heterocycles. The lowest BCUT2D eigenvalue weighted by molar-refractivity contribution is 0.189. The third kappa shape index (κ3) is 3.53. The highest BCUT2D eigenvalue weighted by atomic mass is 16.5. The highest BCUT2D eigenvalue weighted by Gasteiger charge is 2.22. The van der Waals surface area contributed by atoms with Gasteiger partial charge in [-0.15, -0.1) is 5.10 Å². The number of nitrogen functional groups attached to an aromatic ring is 1. The minimum Gasteiger partial charge on any atom is -0.492 e. The molecule has 0 amide bonds. The molecule has 1 aliphatic rings. The lowest BCUT2D eigenvalue weighted by Crippen LogP contribution is -2.29. The summed E-state index contributed by atoms with van der Waals surface area (Å²) in [5.41, 5.74) is 7.05. The summed E-state index contributed by atoms with van der Waals surface area (Å²) < 4.78 is 7.35. The smallest absolute Gasteiger partial charge is 0.336 e. The van der Waals surface area contributed by atoms with Gasteiger partial charge >= 0.3 is 6.01 Å². The molecule has 1 atom stereocenters. The van der Waals surface area contributed by atoms with Crippen molar-refractivity contribution in [2.75, 3.05) is 18.8 Å². The van der Waals surface area contributed by atoms with Crippen molar-refractivity contribution < 1.29 is 9.84 Å². The largest absolute Gasteiger partial charge is 0.492 e. The maximum Gasteiger partial charge on any atom is 0.336 e. The average molecular weight is 334 g/mol. The van der Waals surface area contributed by atoms with E-state index in [2.05, 4.69) is 27.3 Å². The molecule has 8 nitrogen and oxygen atoms in total. The Hall–Kier alpha value is -2.09. The number of aromatic hydroxyl groups is 1. The average Bonchev–Trinajstić information content (AvgIpc) is 2.86. The van der Waals surface area contributed by atoms with E-state index in [-0.39, 0.29) is 23.8 Å². The van der Waals surface area contributed by atoms with Crippen LogP contribution in [0.15, 0.2) is 0 Å². The van der Waals surface area contributed by atoms with Gasteiger partial charge in [-0.2, -0.15) is 9.97 Å². The second-order valence-electron chi connectivity index (χ2n) is 6.51. The van der Waals surface area contributed by atoms with Gasteiger partial charge in [-0.25, -0.2) is 4.52 Å². The first kappa shape index (κ1) is 16.8. The van der Waals surface area contributed by atoms with E-state index < -0.39 is 0 Å². The molecular formula is C16H26N6O2. The normalized spacial score (nSPS) is 17.2. The molecule has 0 bridgehead atoms. The van der Waals surface area contributed by atoms with Gasteiger partial charge in [0.15, 0.2) is 5.82 Å². The highest BCUT2D eigenvalue weighted by molar-refractivity contribution is 5.61. The van der Waals surface area contributed by atoms with Crippen molar-refractivity contribution in [1.29, 1.82) is 0 Å². The van der Waals surface area contributed by atoms with Crippen molar-refractivity contribution in [2.24, 2.45) is 5.92 Å². The van der Waals surface area contributed by atoms with Crippen LogP contribution in [0, 0.1) is 5.92 Å². The number of fused-ring (bicyclic) bond motifs is 1. The number of anilines is 1. The molecule has 0 unspecified atom stereocenters. The van der Waals surface area contributed by atoms with Crippen LogP contribution < -0.4 is 15.8 Å².